The average Bonchev–Trinajstić information content (AvgIpc) is 2.64. The summed E-state index contributed by atoms with van der Waals surface area (Å²) in [6.07, 6.45) is 1.30. The number of benzene rings is 1. The van der Waals surface area contributed by atoms with Gasteiger partial charge >= 0.3 is 0 Å². The zero-order valence-electron chi connectivity index (χ0n) is 10.1. The fraction of sp³-hybridized carbons (Fsp3) is 0.538. The standard InChI is InChI=1S/C13H17Cl2NO/c1-16-7-10(13(8-16)17-2)5-9-3-4-11(14)12(15)6-9/h3-4,6,10,13H,5,7-8H2,1-2H3/t10?,13-/m1/s1. The number of hydrogen-bond donors (Lipinski definition) is 0. The lowest BCUT2D eigenvalue weighted by Gasteiger charge is -2.17. The molecule has 2 atom stereocenters. The Labute approximate surface area is 112 Å². The molecule has 0 bridgehead atoms. The molecule has 1 fully saturated rings. The molecule has 1 heterocycles. The molecule has 0 N–H and O–H groups in total. The van der Waals surface area contributed by atoms with E-state index in [1.807, 2.05) is 18.2 Å². The maximum atomic E-state index is 6.02. The van der Waals surface area contributed by atoms with Crippen LogP contribution in [0.2, 0.25) is 10.0 Å². The van der Waals surface area contributed by atoms with Crippen LogP contribution >= 0.6 is 23.2 Å². The summed E-state index contributed by atoms with van der Waals surface area (Å²) < 4.78 is 5.52. The van der Waals surface area contributed by atoms with Crippen molar-refractivity contribution in [3.63, 3.8) is 0 Å². The van der Waals surface area contributed by atoms with E-state index < -0.39 is 0 Å². The molecule has 1 aliphatic heterocycles. The first-order valence-electron chi connectivity index (χ1n) is 5.75. The molecule has 94 valence electrons. The van der Waals surface area contributed by atoms with Gasteiger partial charge in [-0.15, -0.1) is 0 Å². The largest absolute Gasteiger partial charge is 0.380 e. The van der Waals surface area contributed by atoms with Crippen molar-refractivity contribution in [2.75, 3.05) is 27.2 Å². The SMILES string of the molecule is CO[C@@H]1CN(C)CC1Cc1ccc(Cl)c(Cl)c1. The third-order valence-electron chi connectivity index (χ3n) is 3.35. The Morgan fingerprint density at radius 3 is 2.71 bits per heavy atom. The first-order chi connectivity index (χ1) is 8.10. The van der Waals surface area contributed by atoms with E-state index in [1.54, 1.807) is 7.11 Å². The van der Waals surface area contributed by atoms with Crippen molar-refractivity contribution in [3.05, 3.63) is 33.8 Å². The summed E-state index contributed by atoms with van der Waals surface area (Å²) in [4.78, 5) is 2.30. The molecule has 1 aromatic rings. The minimum atomic E-state index is 0.314. The number of methoxy groups -OCH3 is 1. The second kappa shape index (κ2) is 5.57. The maximum absolute atomic E-state index is 6.02. The van der Waals surface area contributed by atoms with Crippen LogP contribution in [0.15, 0.2) is 18.2 Å². The predicted octanol–water partition coefficient (Wildman–Crippen LogP) is 3.11. The summed E-state index contributed by atoms with van der Waals surface area (Å²) in [6, 6.07) is 5.86. The first kappa shape index (κ1) is 13.2. The van der Waals surface area contributed by atoms with Gasteiger partial charge in [0.15, 0.2) is 0 Å². The molecule has 0 amide bonds. The predicted molar refractivity (Wildman–Crippen MR) is 72.0 cm³/mol. The molecule has 0 aliphatic carbocycles. The van der Waals surface area contributed by atoms with Crippen molar-refractivity contribution in [3.8, 4) is 0 Å². The Kier molecular flexibility index (Phi) is 4.31. The van der Waals surface area contributed by atoms with E-state index in [4.69, 9.17) is 27.9 Å². The van der Waals surface area contributed by atoms with Crippen molar-refractivity contribution < 1.29 is 4.74 Å². The van der Waals surface area contributed by atoms with Crippen molar-refractivity contribution in [2.24, 2.45) is 5.92 Å². The number of hydrogen-bond acceptors (Lipinski definition) is 2. The lowest BCUT2D eigenvalue weighted by molar-refractivity contribution is 0.0798. The molecule has 2 rings (SSSR count). The number of likely N-dealkylation sites (N-methyl/N-ethyl adjacent to an activating group) is 1. The van der Waals surface area contributed by atoms with Gasteiger partial charge in [0.25, 0.3) is 0 Å². The van der Waals surface area contributed by atoms with Crippen LogP contribution in [0.25, 0.3) is 0 Å². The molecule has 4 heteroatoms. The summed E-state index contributed by atoms with van der Waals surface area (Å²) in [6.45, 7) is 2.07. The highest BCUT2D eigenvalue weighted by atomic mass is 35.5. The van der Waals surface area contributed by atoms with Crippen molar-refractivity contribution in [2.45, 2.75) is 12.5 Å². The number of halogens is 2. The lowest BCUT2D eigenvalue weighted by atomic mass is 9.96. The first-order valence-corrected chi connectivity index (χ1v) is 6.51. The molecule has 2 nitrogen and oxygen atoms in total. The topological polar surface area (TPSA) is 12.5 Å². The molecule has 1 unspecified atom stereocenters. The summed E-state index contributed by atoms with van der Waals surface area (Å²) in [5.41, 5.74) is 1.22. The maximum Gasteiger partial charge on any atom is 0.0741 e. The fourth-order valence-electron chi connectivity index (χ4n) is 2.48. The molecular formula is C13H17Cl2NO. The van der Waals surface area contributed by atoms with E-state index >= 15 is 0 Å². The van der Waals surface area contributed by atoms with Gasteiger partial charge in [-0.3, -0.25) is 0 Å². The third kappa shape index (κ3) is 3.14. The minimum absolute atomic E-state index is 0.314. The van der Waals surface area contributed by atoms with Gasteiger partial charge in [0.2, 0.25) is 0 Å². The molecule has 1 aromatic carbocycles. The molecule has 1 aliphatic rings. The van der Waals surface area contributed by atoms with E-state index in [9.17, 15) is 0 Å². The fourth-order valence-corrected chi connectivity index (χ4v) is 2.80. The second-order valence-electron chi connectivity index (χ2n) is 4.71. The summed E-state index contributed by atoms with van der Waals surface area (Å²) >= 11 is 11.9. The summed E-state index contributed by atoms with van der Waals surface area (Å²) in [5, 5.41) is 1.24. The molecular weight excluding hydrogens is 257 g/mol. The van der Waals surface area contributed by atoms with Crippen LogP contribution in [-0.2, 0) is 11.2 Å². The number of rotatable bonds is 3. The number of nitrogens with zero attached hydrogens (tertiary/aromatic N) is 1. The Morgan fingerprint density at radius 1 is 1.29 bits per heavy atom. The molecule has 1 saturated heterocycles. The van der Waals surface area contributed by atoms with Gasteiger partial charge in [0.1, 0.15) is 0 Å². The second-order valence-corrected chi connectivity index (χ2v) is 5.52. The normalized spacial score (nSPS) is 25.4. The summed E-state index contributed by atoms with van der Waals surface area (Å²) in [7, 11) is 3.91. The lowest BCUT2D eigenvalue weighted by Crippen LogP contribution is -2.22. The quantitative estimate of drug-likeness (QED) is 0.839. The van der Waals surface area contributed by atoms with E-state index in [2.05, 4.69) is 11.9 Å². The van der Waals surface area contributed by atoms with Crippen LogP contribution in [-0.4, -0.2) is 38.3 Å². The monoisotopic (exact) mass is 273 g/mol. The van der Waals surface area contributed by atoms with E-state index in [1.165, 1.54) is 5.56 Å². The van der Waals surface area contributed by atoms with Crippen LogP contribution in [0, 0.1) is 5.92 Å². The van der Waals surface area contributed by atoms with E-state index in [0.717, 1.165) is 19.5 Å². The zero-order valence-corrected chi connectivity index (χ0v) is 11.6. The molecule has 17 heavy (non-hydrogen) atoms. The van der Waals surface area contributed by atoms with Gasteiger partial charge in [-0.05, 0) is 31.2 Å². The number of ether oxygens (including phenoxy) is 1. The Bertz CT molecular complexity index is 397. The van der Waals surface area contributed by atoms with Crippen LogP contribution < -0.4 is 0 Å². The van der Waals surface area contributed by atoms with Gasteiger partial charge in [-0.2, -0.15) is 0 Å². The van der Waals surface area contributed by atoms with Gasteiger partial charge in [-0.25, -0.2) is 0 Å². The minimum Gasteiger partial charge on any atom is -0.380 e. The molecule has 0 saturated carbocycles. The summed E-state index contributed by atoms with van der Waals surface area (Å²) in [5.74, 6) is 0.530. The smallest absolute Gasteiger partial charge is 0.0741 e. The van der Waals surface area contributed by atoms with Gasteiger partial charge in [0, 0.05) is 26.1 Å². The van der Waals surface area contributed by atoms with Gasteiger partial charge < -0.3 is 9.64 Å². The van der Waals surface area contributed by atoms with Gasteiger partial charge in [0.05, 0.1) is 16.1 Å². The van der Waals surface area contributed by atoms with Crippen LogP contribution in [0.3, 0.4) is 0 Å². The molecule has 0 radical (unpaired) electrons. The van der Waals surface area contributed by atoms with Crippen LogP contribution in [0.1, 0.15) is 5.56 Å². The van der Waals surface area contributed by atoms with E-state index in [0.29, 0.717) is 22.1 Å². The number of likely N-dealkylation sites (tertiary alicyclic amines) is 1. The van der Waals surface area contributed by atoms with Crippen molar-refractivity contribution >= 4 is 23.2 Å². The van der Waals surface area contributed by atoms with Crippen molar-refractivity contribution in [1.82, 2.24) is 4.90 Å². The Morgan fingerprint density at radius 2 is 2.06 bits per heavy atom. The van der Waals surface area contributed by atoms with Crippen molar-refractivity contribution in [1.29, 1.82) is 0 Å². The highest BCUT2D eigenvalue weighted by Gasteiger charge is 2.30. The van der Waals surface area contributed by atoms with Crippen LogP contribution in [0.5, 0.6) is 0 Å². The highest BCUT2D eigenvalue weighted by molar-refractivity contribution is 6.42. The zero-order chi connectivity index (χ0) is 12.4. The Hall–Kier alpha value is -0.280. The Balaban J connectivity index is 2.07. The third-order valence-corrected chi connectivity index (χ3v) is 4.09. The van der Waals surface area contributed by atoms with Crippen LogP contribution in [0.4, 0.5) is 0 Å². The molecule has 0 aromatic heterocycles. The highest BCUT2D eigenvalue weighted by Crippen LogP contribution is 2.27. The average molecular weight is 274 g/mol. The molecule has 0 spiro atoms. The van der Waals surface area contributed by atoms with E-state index in [-0.39, 0.29) is 0 Å². The van der Waals surface area contributed by atoms with Gasteiger partial charge in [-0.1, -0.05) is 29.3 Å².